The number of ether oxygens (including phenoxy) is 1. The zero-order valence-electron chi connectivity index (χ0n) is 15.0. The number of hydrogen-bond acceptors (Lipinski definition) is 6. The quantitative estimate of drug-likeness (QED) is 0.616. The lowest BCUT2D eigenvalue weighted by atomic mass is 9.96. The molecular weight excluding hydrogens is 372 g/mol. The number of amides is 1. The molecule has 7 heteroatoms. The lowest BCUT2D eigenvalue weighted by molar-refractivity contribution is -0.112. The van der Waals surface area contributed by atoms with Crippen molar-refractivity contribution in [2.24, 2.45) is 0 Å². The topological polar surface area (TPSA) is 110 Å². The van der Waals surface area contributed by atoms with Gasteiger partial charge in [-0.05, 0) is 43.4 Å². The van der Waals surface area contributed by atoms with Crippen LogP contribution in [0.15, 0.2) is 29.8 Å². The van der Waals surface area contributed by atoms with Crippen LogP contribution in [0.5, 0.6) is 5.75 Å². The van der Waals surface area contributed by atoms with Crippen molar-refractivity contribution in [1.29, 1.82) is 15.8 Å². The first-order chi connectivity index (χ1) is 13.7. The summed E-state index contributed by atoms with van der Waals surface area (Å²) in [6, 6.07) is 12.8. The maximum Gasteiger partial charge on any atom is 0.266 e. The molecule has 1 heterocycles. The van der Waals surface area contributed by atoms with Gasteiger partial charge in [0.2, 0.25) is 0 Å². The number of hydrogen-bond donors (Lipinski definition) is 1. The predicted octanol–water partition coefficient (Wildman–Crippen LogP) is 3.95. The fourth-order valence-corrected chi connectivity index (χ4v) is 4.32. The first kappa shape index (κ1) is 19.2. The summed E-state index contributed by atoms with van der Waals surface area (Å²) in [5, 5.41) is 30.9. The summed E-state index contributed by atoms with van der Waals surface area (Å²) < 4.78 is 5.33. The second kappa shape index (κ2) is 8.86. The number of aryl methyl sites for hydroxylation is 1. The molecule has 0 fully saturated rings. The van der Waals surface area contributed by atoms with Crippen molar-refractivity contribution in [2.45, 2.75) is 25.7 Å². The Morgan fingerprint density at radius 1 is 1.21 bits per heavy atom. The second-order valence-corrected chi connectivity index (χ2v) is 7.24. The average Bonchev–Trinajstić information content (AvgIpc) is 3.07. The summed E-state index contributed by atoms with van der Waals surface area (Å²) in [6.45, 7) is -0.134. The van der Waals surface area contributed by atoms with Crippen LogP contribution < -0.4 is 10.1 Å². The van der Waals surface area contributed by atoms with Gasteiger partial charge in [0.1, 0.15) is 34.5 Å². The van der Waals surface area contributed by atoms with Crippen molar-refractivity contribution >= 4 is 28.3 Å². The molecule has 0 radical (unpaired) electrons. The highest BCUT2D eigenvalue weighted by Gasteiger charge is 2.22. The highest BCUT2D eigenvalue weighted by molar-refractivity contribution is 7.16. The molecule has 0 saturated heterocycles. The Hall–Kier alpha value is -3.60. The average molecular weight is 388 g/mol. The molecule has 28 heavy (non-hydrogen) atoms. The van der Waals surface area contributed by atoms with Gasteiger partial charge in [-0.1, -0.05) is 18.2 Å². The molecule has 1 aliphatic rings. The third kappa shape index (κ3) is 4.04. The minimum Gasteiger partial charge on any atom is -0.478 e. The van der Waals surface area contributed by atoms with Crippen LogP contribution in [0.2, 0.25) is 0 Å². The molecule has 1 aromatic heterocycles. The molecule has 0 atom stereocenters. The maximum atomic E-state index is 12.7. The molecule has 0 saturated carbocycles. The number of anilines is 1. The summed E-state index contributed by atoms with van der Waals surface area (Å²) in [5.41, 5.74) is 1.94. The van der Waals surface area contributed by atoms with E-state index in [1.807, 2.05) is 12.1 Å². The molecule has 0 bridgehead atoms. The molecule has 1 amide bonds. The largest absolute Gasteiger partial charge is 0.478 e. The van der Waals surface area contributed by atoms with E-state index in [9.17, 15) is 15.3 Å². The highest BCUT2D eigenvalue weighted by atomic mass is 32.1. The number of benzene rings is 1. The Balaban J connectivity index is 1.87. The number of fused-ring (bicyclic) bond motifs is 1. The zero-order valence-corrected chi connectivity index (χ0v) is 15.8. The van der Waals surface area contributed by atoms with E-state index in [4.69, 9.17) is 10.00 Å². The van der Waals surface area contributed by atoms with E-state index in [1.165, 1.54) is 17.4 Å². The van der Waals surface area contributed by atoms with E-state index < -0.39 is 5.91 Å². The van der Waals surface area contributed by atoms with Gasteiger partial charge in [0, 0.05) is 10.4 Å². The minimum atomic E-state index is -0.576. The molecule has 3 rings (SSSR count). The van der Waals surface area contributed by atoms with E-state index in [0.717, 1.165) is 36.1 Å². The number of carbonyl (C=O) groups is 1. The fourth-order valence-electron chi connectivity index (χ4n) is 3.09. The molecular formula is C21H16N4O2S. The van der Waals surface area contributed by atoms with Crippen molar-refractivity contribution in [3.05, 3.63) is 51.4 Å². The zero-order chi connectivity index (χ0) is 19.9. The number of thiophene rings is 1. The van der Waals surface area contributed by atoms with Crippen LogP contribution in [0.3, 0.4) is 0 Å². The number of nitrogens with zero attached hydrogens (tertiary/aromatic N) is 3. The summed E-state index contributed by atoms with van der Waals surface area (Å²) in [6.07, 6.45) is 5.29. The first-order valence-corrected chi connectivity index (χ1v) is 9.56. The van der Waals surface area contributed by atoms with Gasteiger partial charge in [-0.2, -0.15) is 15.8 Å². The standard InChI is InChI=1S/C21H16N4O2S/c22-9-10-27-18-7-3-1-5-14(18)11-15(12-23)20(26)25-21-17(13-24)16-6-2-4-8-19(16)28-21/h1,3,5,7,11H,2,4,6,8,10H2,(H,25,26). The molecule has 0 spiro atoms. The van der Waals surface area contributed by atoms with E-state index in [0.29, 0.717) is 21.9 Å². The molecule has 0 unspecified atom stereocenters. The van der Waals surface area contributed by atoms with Crippen molar-refractivity contribution in [3.63, 3.8) is 0 Å². The van der Waals surface area contributed by atoms with Gasteiger partial charge in [-0.3, -0.25) is 4.79 Å². The SMILES string of the molecule is N#CCOc1ccccc1C=C(C#N)C(=O)Nc1sc2c(c1C#N)CCCC2. The van der Waals surface area contributed by atoms with Gasteiger partial charge >= 0.3 is 0 Å². The van der Waals surface area contributed by atoms with Crippen molar-refractivity contribution in [3.8, 4) is 24.0 Å². The summed E-state index contributed by atoms with van der Waals surface area (Å²) in [4.78, 5) is 13.8. The maximum absolute atomic E-state index is 12.7. The molecule has 1 aromatic carbocycles. The second-order valence-electron chi connectivity index (χ2n) is 6.14. The molecule has 1 aliphatic carbocycles. The van der Waals surface area contributed by atoms with Gasteiger partial charge in [0.25, 0.3) is 5.91 Å². The van der Waals surface area contributed by atoms with E-state index >= 15 is 0 Å². The normalized spacial score (nSPS) is 12.8. The van der Waals surface area contributed by atoms with Crippen LogP contribution in [0.4, 0.5) is 5.00 Å². The Morgan fingerprint density at radius 2 is 2.00 bits per heavy atom. The van der Waals surface area contributed by atoms with Crippen molar-refractivity contribution < 1.29 is 9.53 Å². The Morgan fingerprint density at radius 3 is 2.75 bits per heavy atom. The van der Waals surface area contributed by atoms with Gasteiger partial charge in [0.15, 0.2) is 6.61 Å². The molecule has 138 valence electrons. The van der Waals surface area contributed by atoms with Crippen molar-refractivity contribution in [2.75, 3.05) is 11.9 Å². The van der Waals surface area contributed by atoms with E-state index in [2.05, 4.69) is 11.4 Å². The summed E-state index contributed by atoms with van der Waals surface area (Å²) in [5.74, 6) is -0.165. The van der Waals surface area contributed by atoms with Crippen molar-refractivity contribution in [1.82, 2.24) is 0 Å². The van der Waals surface area contributed by atoms with E-state index in [-0.39, 0.29) is 12.2 Å². The summed E-state index contributed by atoms with van der Waals surface area (Å²) in [7, 11) is 0. The number of rotatable bonds is 5. The smallest absolute Gasteiger partial charge is 0.266 e. The predicted molar refractivity (Wildman–Crippen MR) is 105 cm³/mol. The van der Waals surface area contributed by atoms with Crippen LogP contribution in [0, 0.1) is 34.0 Å². The van der Waals surface area contributed by atoms with Crippen LogP contribution in [0.1, 0.15) is 34.4 Å². The minimum absolute atomic E-state index is 0.108. The van der Waals surface area contributed by atoms with Gasteiger partial charge < -0.3 is 10.1 Å². The third-order valence-corrected chi connectivity index (χ3v) is 5.59. The Kier molecular flexibility index (Phi) is 6.07. The number of nitrogens with one attached hydrogen (secondary N) is 1. The van der Waals surface area contributed by atoms with Gasteiger partial charge in [-0.15, -0.1) is 11.3 Å². The number of carbonyl (C=O) groups excluding carboxylic acids is 1. The molecule has 1 N–H and O–H groups in total. The first-order valence-electron chi connectivity index (χ1n) is 8.74. The molecule has 2 aromatic rings. The summed E-state index contributed by atoms with van der Waals surface area (Å²) >= 11 is 1.41. The van der Waals surface area contributed by atoms with Crippen LogP contribution >= 0.6 is 11.3 Å². The van der Waals surface area contributed by atoms with Crippen LogP contribution in [-0.4, -0.2) is 12.5 Å². The van der Waals surface area contributed by atoms with Gasteiger partial charge in [0.05, 0.1) is 5.56 Å². The fraction of sp³-hybridized carbons (Fsp3) is 0.238. The third-order valence-electron chi connectivity index (χ3n) is 4.39. The lowest BCUT2D eigenvalue weighted by Crippen LogP contribution is -2.13. The Labute approximate surface area is 166 Å². The van der Waals surface area contributed by atoms with Crippen LogP contribution in [0.25, 0.3) is 6.08 Å². The van der Waals surface area contributed by atoms with Gasteiger partial charge in [-0.25, -0.2) is 0 Å². The number of para-hydroxylation sites is 1. The molecule has 6 nitrogen and oxygen atoms in total. The van der Waals surface area contributed by atoms with Crippen LogP contribution in [-0.2, 0) is 17.6 Å². The Bertz CT molecular complexity index is 1060. The lowest BCUT2D eigenvalue weighted by Gasteiger charge is -2.09. The monoisotopic (exact) mass is 388 g/mol. The highest BCUT2D eigenvalue weighted by Crippen LogP contribution is 2.37. The molecule has 0 aliphatic heterocycles. The van der Waals surface area contributed by atoms with E-state index in [1.54, 1.807) is 24.3 Å². The number of nitriles is 3.